The van der Waals surface area contributed by atoms with Crippen LogP contribution in [0.5, 0.6) is 0 Å². The highest BCUT2D eigenvalue weighted by atomic mass is 16.5. The van der Waals surface area contributed by atoms with E-state index in [2.05, 4.69) is 41.2 Å². The van der Waals surface area contributed by atoms with E-state index in [0.717, 1.165) is 53.5 Å². The monoisotopic (exact) mass is 274 g/mol. The van der Waals surface area contributed by atoms with Gasteiger partial charge < -0.3 is 9.84 Å². The molecule has 0 radical (unpaired) electrons. The first kappa shape index (κ1) is 14.5. The Labute approximate surface area is 119 Å². The summed E-state index contributed by atoms with van der Waals surface area (Å²) in [5, 5.41) is 7.36. The third-order valence-electron chi connectivity index (χ3n) is 3.38. The highest BCUT2D eigenvalue weighted by molar-refractivity contribution is 5.63. The molecule has 0 saturated heterocycles. The molecule has 0 unspecified atom stereocenters. The molecule has 20 heavy (non-hydrogen) atoms. The summed E-state index contributed by atoms with van der Waals surface area (Å²) >= 11 is 0. The minimum absolute atomic E-state index is 0.697. The fourth-order valence-corrected chi connectivity index (χ4v) is 2.24. The lowest BCUT2D eigenvalue weighted by molar-refractivity contribution is 0.393. The Morgan fingerprint density at radius 2 is 1.85 bits per heavy atom. The minimum Gasteiger partial charge on any atom is -0.370 e. The lowest BCUT2D eigenvalue weighted by Gasteiger charge is -2.12. The molecule has 2 heterocycles. The third kappa shape index (κ3) is 2.66. The van der Waals surface area contributed by atoms with Crippen LogP contribution in [0.1, 0.15) is 43.0 Å². The molecule has 0 saturated carbocycles. The van der Waals surface area contributed by atoms with Gasteiger partial charge in [-0.15, -0.1) is 0 Å². The topological polar surface area (TPSA) is 63.8 Å². The van der Waals surface area contributed by atoms with Crippen LogP contribution in [0.25, 0.3) is 11.4 Å². The second kappa shape index (κ2) is 6.03. The Hall–Kier alpha value is -1.91. The van der Waals surface area contributed by atoms with Gasteiger partial charge in [-0.2, -0.15) is 0 Å². The van der Waals surface area contributed by atoms with Gasteiger partial charge in [-0.3, -0.25) is 0 Å². The molecule has 0 atom stereocenters. The van der Waals surface area contributed by atoms with Gasteiger partial charge in [0.15, 0.2) is 5.82 Å². The van der Waals surface area contributed by atoms with E-state index in [4.69, 9.17) is 4.52 Å². The number of nitrogens with one attached hydrogen (secondary N) is 1. The fourth-order valence-electron chi connectivity index (χ4n) is 2.24. The number of aryl methyl sites for hydroxylation is 3. The first-order valence-electron chi connectivity index (χ1n) is 7.13. The zero-order valence-electron chi connectivity index (χ0n) is 12.9. The predicted octanol–water partition coefficient (Wildman–Crippen LogP) is 3.44. The molecule has 0 bridgehead atoms. The number of nitrogens with zero attached hydrogens (tertiary/aromatic N) is 3. The molecule has 0 aliphatic carbocycles. The number of aromatic nitrogens is 3. The normalized spacial score (nSPS) is 10.8. The molecule has 0 spiro atoms. The van der Waals surface area contributed by atoms with E-state index in [1.165, 1.54) is 0 Å². The molecular formula is C15H22N4O. The van der Waals surface area contributed by atoms with Gasteiger partial charge in [0, 0.05) is 17.8 Å². The molecule has 2 aromatic rings. The van der Waals surface area contributed by atoms with Crippen molar-refractivity contribution in [2.24, 2.45) is 0 Å². The molecule has 108 valence electrons. The molecule has 0 aromatic carbocycles. The lowest BCUT2D eigenvalue weighted by Crippen LogP contribution is -2.09. The Bertz CT molecular complexity index is 585. The summed E-state index contributed by atoms with van der Waals surface area (Å²) in [6.45, 7) is 11.0. The molecule has 5 nitrogen and oxygen atoms in total. The standard InChI is InChI=1S/C15H22N4O/c1-6-8-16-14-9(3)12(7-2)17-15(18-14)13-10(4)19-20-11(13)5/h6-8H2,1-5H3,(H,16,17,18). The van der Waals surface area contributed by atoms with Gasteiger partial charge in [0.25, 0.3) is 0 Å². The van der Waals surface area contributed by atoms with Gasteiger partial charge in [-0.05, 0) is 33.6 Å². The predicted molar refractivity (Wildman–Crippen MR) is 79.9 cm³/mol. The highest BCUT2D eigenvalue weighted by Crippen LogP contribution is 2.27. The van der Waals surface area contributed by atoms with E-state index in [-0.39, 0.29) is 0 Å². The first-order valence-corrected chi connectivity index (χ1v) is 7.13. The summed E-state index contributed by atoms with van der Waals surface area (Å²) in [5.41, 5.74) is 3.92. The van der Waals surface area contributed by atoms with Crippen molar-refractivity contribution in [2.75, 3.05) is 11.9 Å². The van der Waals surface area contributed by atoms with E-state index in [1.807, 2.05) is 13.8 Å². The van der Waals surface area contributed by atoms with Crippen molar-refractivity contribution in [3.63, 3.8) is 0 Å². The van der Waals surface area contributed by atoms with Crippen LogP contribution in [0.3, 0.4) is 0 Å². The van der Waals surface area contributed by atoms with Gasteiger partial charge in [0.1, 0.15) is 11.6 Å². The maximum Gasteiger partial charge on any atom is 0.167 e. The van der Waals surface area contributed by atoms with Gasteiger partial charge in [0.2, 0.25) is 0 Å². The lowest BCUT2D eigenvalue weighted by atomic mass is 10.1. The van der Waals surface area contributed by atoms with Crippen molar-refractivity contribution in [3.8, 4) is 11.4 Å². The van der Waals surface area contributed by atoms with E-state index in [0.29, 0.717) is 5.82 Å². The fraction of sp³-hybridized carbons (Fsp3) is 0.533. The van der Waals surface area contributed by atoms with Crippen LogP contribution in [0.4, 0.5) is 5.82 Å². The van der Waals surface area contributed by atoms with Crippen molar-refractivity contribution < 1.29 is 4.52 Å². The van der Waals surface area contributed by atoms with E-state index in [9.17, 15) is 0 Å². The van der Waals surface area contributed by atoms with Crippen LogP contribution < -0.4 is 5.32 Å². The van der Waals surface area contributed by atoms with Gasteiger partial charge in [-0.25, -0.2) is 9.97 Å². The van der Waals surface area contributed by atoms with Gasteiger partial charge in [0.05, 0.1) is 11.3 Å². The molecule has 0 aliphatic rings. The SMILES string of the molecule is CCCNc1nc(-c2c(C)noc2C)nc(CC)c1C. The first-order chi connectivity index (χ1) is 9.58. The minimum atomic E-state index is 0.697. The summed E-state index contributed by atoms with van der Waals surface area (Å²) in [4.78, 5) is 9.33. The van der Waals surface area contributed by atoms with Gasteiger partial charge in [-0.1, -0.05) is 19.0 Å². The number of rotatable bonds is 5. The van der Waals surface area contributed by atoms with Gasteiger partial charge >= 0.3 is 0 Å². The van der Waals surface area contributed by atoms with E-state index in [1.54, 1.807) is 0 Å². The highest BCUT2D eigenvalue weighted by Gasteiger charge is 2.17. The second-order valence-electron chi connectivity index (χ2n) is 4.95. The maximum atomic E-state index is 5.22. The molecule has 0 fully saturated rings. The van der Waals surface area contributed by atoms with Crippen molar-refractivity contribution >= 4 is 5.82 Å². The van der Waals surface area contributed by atoms with Crippen LogP contribution in [-0.4, -0.2) is 21.7 Å². The Morgan fingerprint density at radius 1 is 1.10 bits per heavy atom. The van der Waals surface area contributed by atoms with Crippen LogP contribution >= 0.6 is 0 Å². The number of anilines is 1. The molecule has 0 aliphatic heterocycles. The average Bonchev–Trinajstić information content (AvgIpc) is 2.77. The Kier molecular flexibility index (Phi) is 4.37. The number of hydrogen-bond acceptors (Lipinski definition) is 5. The molecule has 5 heteroatoms. The Balaban J connectivity index is 2.54. The van der Waals surface area contributed by atoms with Crippen LogP contribution in [0.15, 0.2) is 4.52 Å². The smallest absolute Gasteiger partial charge is 0.167 e. The summed E-state index contributed by atoms with van der Waals surface area (Å²) in [7, 11) is 0. The summed E-state index contributed by atoms with van der Waals surface area (Å²) in [5.74, 6) is 2.37. The summed E-state index contributed by atoms with van der Waals surface area (Å²) in [6.07, 6.45) is 1.94. The summed E-state index contributed by atoms with van der Waals surface area (Å²) in [6, 6.07) is 0. The van der Waals surface area contributed by atoms with Crippen LogP contribution in [0, 0.1) is 20.8 Å². The quantitative estimate of drug-likeness (QED) is 0.904. The van der Waals surface area contributed by atoms with Crippen molar-refractivity contribution in [2.45, 2.75) is 47.5 Å². The van der Waals surface area contributed by atoms with Crippen LogP contribution in [-0.2, 0) is 6.42 Å². The second-order valence-corrected chi connectivity index (χ2v) is 4.95. The Morgan fingerprint density at radius 3 is 2.40 bits per heavy atom. The van der Waals surface area contributed by atoms with E-state index < -0.39 is 0 Å². The van der Waals surface area contributed by atoms with E-state index >= 15 is 0 Å². The largest absolute Gasteiger partial charge is 0.370 e. The molecule has 0 amide bonds. The van der Waals surface area contributed by atoms with Crippen molar-refractivity contribution in [1.29, 1.82) is 0 Å². The number of hydrogen-bond donors (Lipinski definition) is 1. The molecule has 2 rings (SSSR count). The molecular weight excluding hydrogens is 252 g/mol. The van der Waals surface area contributed by atoms with Crippen LogP contribution in [0.2, 0.25) is 0 Å². The molecule has 1 N–H and O–H groups in total. The van der Waals surface area contributed by atoms with Crippen molar-refractivity contribution in [3.05, 3.63) is 22.7 Å². The summed E-state index contributed by atoms with van der Waals surface area (Å²) < 4.78 is 5.22. The molecule has 2 aromatic heterocycles. The third-order valence-corrected chi connectivity index (χ3v) is 3.38. The maximum absolute atomic E-state index is 5.22. The van der Waals surface area contributed by atoms with Crippen molar-refractivity contribution in [1.82, 2.24) is 15.1 Å². The average molecular weight is 274 g/mol. The zero-order valence-corrected chi connectivity index (χ0v) is 12.9. The zero-order chi connectivity index (χ0) is 14.7.